The lowest BCUT2D eigenvalue weighted by atomic mass is 10.2. The molecule has 0 bridgehead atoms. The summed E-state index contributed by atoms with van der Waals surface area (Å²) in [5.41, 5.74) is 2.32. The lowest BCUT2D eigenvalue weighted by Gasteiger charge is -1.95. The molecule has 0 atom stereocenters. The van der Waals surface area contributed by atoms with Crippen LogP contribution in [0, 0.1) is 6.92 Å². The highest BCUT2D eigenvalue weighted by Crippen LogP contribution is 2.14. The van der Waals surface area contributed by atoms with Crippen LogP contribution in [0.1, 0.15) is 16.1 Å². The third-order valence-electron chi connectivity index (χ3n) is 1.82. The third-order valence-corrected chi connectivity index (χ3v) is 1.82. The molecule has 2 rings (SSSR count). The molecule has 0 amide bonds. The van der Waals surface area contributed by atoms with Crippen LogP contribution in [0.4, 0.5) is 0 Å². The average Bonchev–Trinajstić information content (AvgIpc) is 2.50. The van der Waals surface area contributed by atoms with Gasteiger partial charge in [-0.2, -0.15) is 0 Å². The standard InChI is InChI=1S/C9H8N2O/c1-6-4-7(5-12)8-2-3-10-9(8)11-6/h2-5H,1H3,(H,10,11). The number of H-pyrrole nitrogens is 1. The Morgan fingerprint density at radius 1 is 1.58 bits per heavy atom. The van der Waals surface area contributed by atoms with Gasteiger partial charge in [0.1, 0.15) is 5.65 Å². The molecule has 0 spiro atoms. The first-order chi connectivity index (χ1) is 5.81. The summed E-state index contributed by atoms with van der Waals surface area (Å²) in [7, 11) is 0. The van der Waals surface area contributed by atoms with Gasteiger partial charge in [-0.25, -0.2) is 4.98 Å². The van der Waals surface area contributed by atoms with E-state index in [9.17, 15) is 4.79 Å². The van der Waals surface area contributed by atoms with E-state index in [1.807, 2.05) is 13.0 Å². The number of pyridine rings is 1. The highest BCUT2D eigenvalue weighted by Gasteiger charge is 2.02. The maximum atomic E-state index is 10.6. The first kappa shape index (κ1) is 7.03. The zero-order valence-electron chi connectivity index (χ0n) is 6.66. The second-order valence-electron chi connectivity index (χ2n) is 2.71. The first-order valence-electron chi connectivity index (χ1n) is 3.71. The monoisotopic (exact) mass is 160 g/mol. The van der Waals surface area contributed by atoms with Gasteiger partial charge in [-0.3, -0.25) is 4.79 Å². The first-order valence-corrected chi connectivity index (χ1v) is 3.71. The van der Waals surface area contributed by atoms with Crippen LogP contribution in [0.5, 0.6) is 0 Å². The summed E-state index contributed by atoms with van der Waals surface area (Å²) < 4.78 is 0. The maximum absolute atomic E-state index is 10.6. The van der Waals surface area contributed by atoms with Crippen molar-refractivity contribution >= 4 is 17.3 Å². The number of fused-ring (bicyclic) bond motifs is 1. The van der Waals surface area contributed by atoms with Gasteiger partial charge >= 0.3 is 0 Å². The number of hydrogen-bond acceptors (Lipinski definition) is 2. The van der Waals surface area contributed by atoms with Gasteiger partial charge in [0.2, 0.25) is 0 Å². The molecular weight excluding hydrogens is 152 g/mol. The Labute approximate surface area is 69.4 Å². The Morgan fingerprint density at radius 3 is 3.17 bits per heavy atom. The number of nitrogens with one attached hydrogen (secondary N) is 1. The summed E-state index contributed by atoms with van der Waals surface area (Å²) in [5, 5.41) is 0.885. The van der Waals surface area contributed by atoms with Crippen LogP contribution in [-0.4, -0.2) is 16.3 Å². The van der Waals surface area contributed by atoms with Gasteiger partial charge in [-0.15, -0.1) is 0 Å². The van der Waals surface area contributed by atoms with E-state index in [0.29, 0.717) is 5.56 Å². The Morgan fingerprint density at radius 2 is 2.42 bits per heavy atom. The number of aldehydes is 1. The zero-order valence-corrected chi connectivity index (χ0v) is 6.66. The second kappa shape index (κ2) is 2.44. The minimum absolute atomic E-state index is 0.693. The Bertz CT molecular complexity index is 431. The summed E-state index contributed by atoms with van der Waals surface area (Å²) in [6.07, 6.45) is 2.63. The van der Waals surface area contributed by atoms with Crippen molar-refractivity contribution < 1.29 is 4.79 Å². The van der Waals surface area contributed by atoms with Crippen molar-refractivity contribution in [2.45, 2.75) is 6.92 Å². The van der Waals surface area contributed by atoms with Crippen LogP contribution in [-0.2, 0) is 0 Å². The molecule has 0 aliphatic heterocycles. The van der Waals surface area contributed by atoms with E-state index in [-0.39, 0.29) is 0 Å². The quantitative estimate of drug-likeness (QED) is 0.645. The van der Waals surface area contributed by atoms with Gasteiger partial charge in [0, 0.05) is 22.8 Å². The Balaban J connectivity index is 2.88. The molecule has 2 aromatic rings. The van der Waals surface area contributed by atoms with Crippen molar-refractivity contribution in [2.75, 3.05) is 0 Å². The van der Waals surface area contributed by atoms with Crippen LogP contribution >= 0.6 is 0 Å². The van der Waals surface area contributed by atoms with Crippen molar-refractivity contribution in [3.05, 3.63) is 29.6 Å². The van der Waals surface area contributed by atoms with Crippen LogP contribution < -0.4 is 0 Å². The molecule has 0 aromatic carbocycles. The predicted molar refractivity (Wildman–Crippen MR) is 46.2 cm³/mol. The molecule has 2 heterocycles. The molecule has 1 N–H and O–H groups in total. The Kier molecular flexibility index (Phi) is 1.43. The molecule has 60 valence electrons. The fourth-order valence-corrected chi connectivity index (χ4v) is 1.29. The predicted octanol–water partition coefficient (Wildman–Crippen LogP) is 1.68. The fourth-order valence-electron chi connectivity index (χ4n) is 1.29. The van der Waals surface area contributed by atoms with Gasteiger partial charge < -0.3 is 4.98 Å². The normalized spacial score (nSPS) is 10.4. The van der Waals surface area contributed by atoms with Crippen LogP contribution in [0.2, 0.25) is 0 Å². The van der Waals surface area contributed by atoms with Gasteiger partial charge in [-0.05, 0) is 19.1 Å². The van der Waals surface area contributed by atoms with E-state index in [1.165, 1.54) is 0 Å². The summed E-state index contributed by atoms with van der Waals surface area (Å²) in [4.78, 5) is 17.8. The van der Waals surface area contributed by atoms with Crippen LogP contribution in [0.15, 0.2) is 18.3 Å². The van der Waals surface area contributed by atoms with E-state index in [1.54, 1.807) is 12.3 Å². The van der Waals surface area contributed by atoms with Gasteiger partial charge in [0.15, 0.2) is 6.29 Å². The number of carbonyl (C=O) groups excluding carboxylic acids is 1. The summed E-state index contributed by atoms with van der Waals surface area (Å²) in [6, 6.07) is 3.63. The molecule has 0 aliphatic rings. The van der Waals surface area contributed by atoms with E-state index >= 15 is 0 Å². The number of nitrogens with zero attached hydrogens (tertiary/aromatic N) is 1. The van der Waals surface area contributed by atoms with E-state index in [2.05, 4.69) is 9.97 Å². The number of aryl methyl sites for hydroxylation is 1. The van der Waals surface area contributed by atoms with Gasteiger partial charge in [0.05, 0.1) is 0 Å². The van der Waals surface area contributed by atoms with Crippen molar-refractivity contribution in [2.24, 2.45) is 0 Å². The number of hydrogen-bond donors (Lipinski definition) is 1. The van der Waals surface area contributed by atoms with E-state index in [0.717, 1.165) is 23.0 Å². The zero-order chi connectivity index (χ0) is 8.55. The topological polar surface area (TPSA) is 45.8 Å². The lowest BCUT2D eigenvalue weighted by Crippen LogP contribution is -1.87. The molecular formula is C9H8N2O. The highest BCUT2D eigenvalue weighted by atomic mass is 16.1. The minimum atomic E-state index is 0.693. The average molecular weight is 160 g/mol. The smallest absolute Gasteiger partial charge is 0.150 e. The van der Waals surface area contributed by atoms with Gasteiger partial charge in [-0.1, -0.05) is 0 Å². The number of aromatic nitrogens is 2. The second-order valence-corrected chi connectivity index (χ2v) is 2.71. The molecule has 0 radical (unpaired) electrons. The van der Waals surface area contributed by atoms with E-state index < -0.39 is 0 Å². The summed E-state index contributed by atoms with van der Waals surface area (Å²) >= 11 is 0. The summed E-state index contributed by atoms with van der Waals surface area (Å²) in [6.45, 7) is 1.87. The maximum Gasteiger partial charge on any atom is 0.150 e. The van der Waals surface area contributed by atoms with Crippen molar-refractivity contribution in [3.63, 3.8) is 0 Å². The molecule has 2 aromatic heterocycles. The number of carbonyl (C=O) groups is 1. The number of rotatable bonds is 1. The largest absolute Gasteiger partial charge is 0.346 e. The highest BCUT2D eigenvalue weighted by molar-refractivity contribution is 5.95. The molecule has 3 heteroatoms. The molecule has 0 saturated heterocycles. The lowest BCUT2D eigenvalue weighted by molar-refractivity contribution is 0.112. The van der Waals surface area contributed by atoms with Gasteiger partial charge in [0.25, 0.3) is 0 Å². The van der Waals surface area contributed by atoms with Crippen molar-refractivity contribution in [1.29, 1.82) is 0 Å². The third kappa shape index (κ3) is 0.906. The molecule has 0 saturated carbocycles. The molecule has 0 aliphatic carbocycles. The molecule has 3 nitrogen and oxygen atoms in total. The molecule has 0 fully saturated rings. The van der Waals surface area contributed by atoms with Crippen molar-refractivity contribution in [3.8, 4) is 0 Å². The molecule has 12 heavy (non-hydrogen) atoms. The minimum Gasteiger partial charge on any atom is -0.346 e. The van der Waals surface area contributed by atoms with E-state index in [4.69, 9.17) is 0 Å². The Hall–Kier alpha value is -1.64. The molecule has 0 unspecified atom stereocenters. The summed E-state index contributed by atoms with van der Waals surface area (Å²) in [5.74, 6) is 0. The van der Waals surface area contributed by atoms with Crippen molar-refractivity contribution in [1.82, 2.24) is 9.97 Å². The van der Waals surface area contributed by atoms with Crippen LogP contribution in [0.3, 0.4) is 0 Å². The van der Waals surface area contributed by atoms with Crippen LogP contribution in [0.25, 0.3) is 11.0 Å². The number of aromatic amines is 1. The fraction of sp³-hybridized carbons (Fsp3) is 0.111. The SMILES string of the molecule is Cc1cc(C=O)c2cc[nH]c2n1.